The van der Waals surface area contributed by atoms with Crippen LogP contribution < -0.4 is 5.73 Å². The van der Waals surface area contributed by atoms with Crippen LogP contribution in [0.3, 0.4) is 0 Å². The van der Waals surface area contributed by atoms with Gasteiger partial charge in [0, 0.05) is 16.8 Å². The predicted molar refractivity (Wildman–Crippen MR) is 148 cm³/mol. The smallest absolute Gasteiger partial charge is 0.141 e. The van der Waals surface area contributed by atoms with Crippen LogP contribution in [0.1, 0.15) is 50.9 Å². The standard InChI is InChI=1S/C34H29NO/c35-31-23-21-25-13-10-11-19-29(25)33(31)32-28-18-9-1-4-12-24(28)20-22-30(32)34(36,26-14-5-2-6-15-26)27-16-7-3-8-17-27/h1-17,19-20,22,36H,18,21,23,35H2. The number of benzene rings is 4. The number of hydrogen-bond donors (Lipinski definition) is 2. The number of aliphatic hydroxyl groups is 1. The Balaban J connectivity index is 1.74. The third kappa shape index (κ3) is 3.62. The lowest BCUT2D eigenvalue weighted by Gasteiger charge is -2.35. The van der Waals surface area contributed by atoms with Crippen molar-refractivity contribution < 1.29 is 5.11 Å². The molecule has 0 spiro atoms. The van der Waals surface area contributed by atoms with E-state index in [1.165, 1.54) is 11.1 Å². The first-order valence-corrected chi connectivity index (χ1v) is 12.6. The molecule has 0 fully saturated rings. The van der Waals surface area contributed by atoms with Crippen molar-refractivity contribution in [2.45, 2.75) is 24.9 Å². The van der Waals surface area contributed by atoms with Crippen LogP contribution in [0, 0.1) is 0 Å². The maximum atomic E-state index is 12.8. The van der Waals surface area contributed by atoms with Crippen LogP contribution >= 0.6 is 0 Å². The number of fused-ring (bicyclic) bond motifs is 2. The lowest BCUT2D eigenvalue weighted by atomic mass is 9.72. The molecule has 2 aliphatic rings. The first kappa shape index (κ1) is 22.3. The lowest BCUT2D eigenvalue weighted by molar-refractivity contribution is 0.125. The van der Waals surface area contributed by atoms with Crippen LogP contribution in [0.4, 0.5) is 0 Å². The predicted octanol–water partition coefficient (Wildman–Crippen LogP) is 6.76. The van der Waals surface area contributed by atoms with E-state index in [0.29, 0.717) is 0 Å². The minimum absolute atomic E-state index is 0.768. The third-order valence-electron chi connectivity index (χ3n) is 7.49. The summed E-state index contributed by atoms with van der Waals surface area (Å²) in [7, 11) is 0. The van der Waals surface area contributed by atoms with Crippen molar-refractivity contribution in [1.82, 2.24) is 0 Å². The van der Waals surface area contributed by atoms with Crippen LogP contribution in [0.25, 0.3) is 11.6 Å². The average Bonchev–Trinajstić information content (AvgIpc) is 3.19. The number of allylic oxidation sites excluding steroid dienone is 4. The Kier molecular flexibility index (Phi) is 5.67. The maximum absolute atomic E-state index is 12.8. The second-order valence-corrected chi connectivity index (χ2v) is 9.55. The fourth-order valence-corrected chi connectivity index (χ4v) is 5.73. The van der Waals surface area contributed by atoms with Crippen LogP contribution in [0.5, 0.6) is 0 Å². The van der Waals surface area contributed by atoms with Gasteiger partial charge in [0.15, 0.2) is 0 Å². The molecular weight excluding hydrogens is 438 g/mol. The summed E-state index contributed by atoms with van der Waals surface area (Å²) in [5, 5.41) is 12.8. The van der Waals surface area contributed by atoms with E-state index < -0.39 is 5.60 Å². The second-order valence-electron chi connectivity index (χ2n) is 9.55. The van der Waals surface area contributed by atoms with Gasteiger partial charge >= 0.3 is 0 Å². The Morgan fingerprint density at radius 3 is 2.08 bits per heavy atom. The van der Waals surface area contributed by atoms with Gasteiger partial charge in [-0.1, -0.05) is 121 Å². The number of rotatable bonds is 4. The molecule has 0 amide bonds. The zero-order chi connectivity index (χ0) is 24.5. The van der Waals surface area contributed by atoms with E-state index in [-0.39, 0.29) is 0 Å². The number of aryl methyl sites for hydroxylation is 1. The van der Waals surface area contributed by atoms with Gasteiger partial charge in [-0.15, -0.1) is 0 Å². The fraction of sp³-hybridized carbons (Fsp3) is 0.118. The molecule has 0 unspecified atom stereocenters. The molecule has 6 rings (SSSR count). The van der Waals surface area contributed by atoms with Crippen molar-refractivity contribution >= 4 is 11.6 Å². The van der Waals surface area contributed by atoms with Crippen molar-refractivity contribution in [3.8, 4) is 0 Å². The largest absolute Gasteiger partial charge is 0.402 e. The van der Waals surface area contributed by atoms with Crippen LogP contribution in [0.2, 0.25) is 0 Å². The monoisotopic (exact) mass is 467 g/mol. The highest BCUT2D eigenvalue weighted by Gasteiger charge is 2.38. The van der Waals surface area contributed by atoms with E-state index in [1.54, 1.807) is 0 Å². The molecule has 0 aliphatic heterocycles. The van der Waals surface area contributed by atoms with Gasteiger partial charge in [0.05, 0.1) is 0 Å². The van der Waals surface area contributed by atoms with E-state index >= 15 is 0 Å². The summed E-state index contributed by atoms with van der Waals surface area (Å²) in [5.74, 6) is 0. The topological polar surface area (TPSA) is 46.2 Å². The molecule has 176 valence electrons. The third-order valence-corrected chi connectivity index (χ3v) is 7.49. The van der Waals surface area contributed by atoms with Gasteiger partial charge in [-0.2, -0.15) is 0 Å². The summed E-state index contributed by atoms with van der Waals surface area (Å²) in [6.45, 7) is 0. The van der Waals surface area contributed by atoms with Crippen molar-refractivity contribution in [2.75, 3.05) is 0 Å². The summed E-state index contributed by atoms with van der Waals surface area (Å²) in [4.78, 5) is 0. The van der Waals surface area contributed by atoms with Crippen LogP contribution in [0.15, 0.2) is 121 Å². The molecule has 0 atom stereocenters. The molecule has 2 heteroatoms. The van der Waals surface area contributed by atoms with Gasteiger partial charge in [0.1, 0.15) is 5.60 Å². The van der Waals surface area contributed by atoms with Crippen molar-refractivity contribution in [3.63, 3.8) is 0 Å². The Morgan fingerprint density at radius 2 is 1.36 bits per heavy atom. The summed E-state index contributed by atoms with van der Waals surface area (Å²) in [6.07, 6.45) is 11.0. The molecule has 2 nitrogen and oxygen atoms in total. The van der Waals surface area contributed by atoms with Gasteiger partial charge in [0.2, 0.25) is 0 Å². The molecule has 3 N–H and O–H groups in total. The molecule has 0 heterocycles. The molecule has 2 aliphatic carbocycles. The van der Waals surface area contributed by atoms with Crippen molar-refractivity contribution in [2.24, 2.45) is 5.73 Å². The van der Waals surface area contributed by atoms with E-state index in [1.807, 2.05) is 60.7 Å². The minimum Gasteiger partial charge on any atom is -0.402 e. The SMILES string of the molecule is NC1=C(c2c(C(O)(c3ccccc3)c3ccccc3)ccc3c2CC=CC=C3)c2ccccc2CC1. The fourth-order valence-electron chi connectivity index (χ4n) is 5.73. The first-order valence-electron chi connectivity index (χ1n) is 12.6. The molecule has 0 bridgehead atoms. The molecule has 36 heavy (non-hydrogen) atoms. The average molecular weight is 468 g/mol. The molecule has 0 saturated heterocycles. The molecular formula is C34H29NO. The first-order chi connectivity index (χ1) is 17.7. The molecule has 0 radical (unpaired) electrons. The van der Waals surface area contributed by atoms with Gasteiger partial charge in [-0.25, -0.2) is 0 Å². The Hall–Kier alpha value is -4.14. The Labute approximate surface area is 212 Å². The van der Waals surface area contributed by atoms with E-state index in [4.69, 9.17) is 5.73 Å². The van der Waals surface area contributed by atoms with Gasteiger partial charge in [-0.05, 0) is 58.2 Å². The summed E-state index contributed by atoms with van der Waals surface area (Å²) in [6, 6.07) is 32.7. The highest BCUT2D eigenvalue weighted by atomic mass is 16.3. The van der Waals surface area contributed by atoms with Crippen LogP contribution in [-0.2, 0) is 18.4 Å². The Morgan fingerprint density at radius 1 is 0.694 bits per heavy atom. The molecule has 4 aromatic carbocycles. The van der Waals surface area contributed by atoms with Gasteiger partial charge < -0.3 is 10.8 Å². The van der Waals surface area contributed by atoms with Gasteiger partial charge in [-0.3, -0.25) is 0 Å². The summed E-state index contributed by atoms with van der Waals surface area (Å²) >= 11 is 0. The highest BCUT2D eigenvalue weighted by Crippen LogP contribution is 2.46. The summed E-state index contributed by atoms with van der Waals surface area (Å²) < 4.78 is 0. The zero-order valence-electron chi connectivity index (χ0n) is 20.2. The molecule has 4 aromatic rings. The lowest BCUT2D eigenvalue weighted by Crippen LogP contribution is -2.31. The number of hydrogen-bond acceptors (Lipinski definition) is 2. The molecule has 0 aromatic heterocycles. The second kappa shape index (κ2) is 9.14. The van der Waals surface area contributed by atoms with E-state index in [2.05, 4.69) is 60.7 Å². The van der Waals surface area contributed by atoms with Gasteiger partial charge in [0.25, 0.3) is 0 Å². The Bertz CT molecular complexity index is 1470. The molecule has 0 saturated carbocycles. The minimum atomic E-state index is -1.35. The normalized spacial score (nSPS) is 14.8. The van der Waals surface area contributed by atoms with E-state index in [0.717, 1.165) is 63.9 Å². The quantitative estimate of drug-likeness (QED) is 0.326. The maximum Gasteiger partial charge on any atom is 0.141 e. The zero-order valence-corrected chi connectivity index (χ0v) is 20.2. The van der Waals surface area contributed by atoms with Crippen LogP contribution in [-0.4, -0.2) is 5.11 Å². The summed E-state index contributed by atoms with van der Waals surface area (Å²) in [5.41, 5.74) is 15.8. The highest BCUT2D eigenvalue weighted by molar-refractivity contribution is 5.90. The number of nitrogens with two attached hydrogens (primary N) is 1. The van der Waals surface area contributed by atoms with Crippen molar-refractivity contribution in [1.29, 1.82) is 0 Å². The van der Waals surface area contributed by atoms with Crippen molar-refractivity contribution in [3.05, 3.63) is 165 Å². The van der Waals surface area contributed by atoms with E-state index in [9.17, 15) is 5.11 Å².